The third-order valence-corrected chi connectivity index (χ3v) is 3.22. The first-order chi connectivity index (χ1) is 8.80. The second-order valence-electron chi connectivity index (χ2n) is 5.71. The molecule has 1 amide bonds. The Labute approximate surface area is 115 Å². The van der Waals surface area contributed by atoms with E-state index in [-0.39, 0.29) is 17.1 Å². The lowest BCUT2D eigenvalue weighted by Crippen LogP contribution is -2.42. The number of amides is 1. The maximum absolute atomic E-state index is 12.5. The van der Waals surface area contributed by atoms with E-state index in [1.54, 1.807) is 23.1 Å². The van der Waals surface area contributed by atoms with Crippen molar-refractivity contribution in [3.63, 3.8) is 0 Å². The van der Waals surface area contributed by atoms with Gasteiger partial charge in [0, 0.05) is 13.1 Å². The van der Waals surface area contributed by atoms with Crippen molar-refractivity contribution >= 4 is 5.91 Å². The Hall–Kier alpha value is -1.55. The summed E-state index contributed by atoms with van der Waals surface area (Å²) in [5, 5.41) is 9.83. The van der Waals surface area contributed by atoms with E-state index in [0.717, 1.165) is 5.56 Å². The summed E-state index contributed by atoms with van der Waals surface area (Å²) in [6.45, 7) is 9.56. The number of nitrogens with zero attached hydrogens (tertiary/aromatic N) is 1. The van der Waals surface area contributed by atoms with Gasteiger partial charge in [-0.25, -0.2) is 0 Å². The van der Waals surface area contributed by atoms with E-state index in [0.29, 0.717) is 25.2 Å². The second-order valence-corrected chi connectivity index (χ2v) is 5.71. The number of aromatic hydroxyl groups is 1. The summed E-state index contributed by atoms with van der Waals surface area (Å²) in [6, 6.07) is 5.06. The van der Waals surface area contributed by atoms with Crippen molar-refractivity contribution in [3.8, 4) is 5.75 Å². The fourth-order valence-electron chi connectivity index (χ4n) is 1.90. The van der Waals surface area contributed by atoms with E-state index in [1.807, 2.05) is 27.7 Å². The van der Waals surface area contributed by atoms with Crippen LogP contribution in [0, 0.1) is 12.3 Å². The van der Waals surface area contributed by atoms with Crippen molar-refractivity contribution in [1.82, 2.24) is 4.90 Å². The molecule has 1 rings (SSSR count). The highest BCUT2D eigenvalue weighted by Crippen LogP contribution is 2.22. The van der Waals surface area contributed by atoms with Crippen LogP contribution < -0.4 is 5.73 Å². The quantitative estimate of drug-likeness (QED) is 0.856. The van der Waals surface area contributed by atoms with Crippen molar-refractivity contribution in [2.45, 2.75) is 27.7 Å². The van der Waals surface area contributed by atoms with Gasteiger partial charge in [-0.05, 0) is 37.9 Å². The van der Waals surface area contributed by atoms with Crippen molar-refractivity contribution in [2.24, 2.45) is 11.1 Å². The largest absolute Gasteiger partial charge is 0.507 e. The van der Waals surface area contributed by atoms with Gasteiger partial charge in [-0.1, -0.05) is 25.5 Å². The average Bonchev–Trinajstić information content (AvgIpc) is 2.38. The zero-order valence-electron chi connectivity index (χ0n) is 12.2. The van der Waals surface area contributed by atoms with Crippen LogP contribution in [0.1, 0.15) is 36.7 Å². The van der Waals surface area contributed by atoms with Gasteiger partial charge < -0.3 is 15.7 Å². The van der Waals surface area contributed by atoms with Crippen molar-refractivity contribution in [1.29, 1.82) is 0 Å². The highest BCUT2D eigenvalue weighted by Gasteiger charge is 2.24. The van der Waals surface area contributed by atoms with Gasteiger partial charge >= 0.3 is 0 Å². The van der Waals surface area contributed by atoms with E-state index >= 15 is 0 Å². The number of hydrogen-bond donors (Lipinski definition) is 2. The number of benzene rings is 1. The number of aryl methyl sites for hydroxylation is 1. The van der Waals surface area contributed by atoms with E-state index in [4.69, 9.17) is 5.73 Å². The molecule has 0 aliphatic rings. The molecule has 0 saturated carbocycles. The monoisotopic (exact) mass is 264 g/mol. The third kappa shape index (κ3) is 3.96. The zero-order chi connectivity index (χ0) is 14.6. The highest BCUT2D eigenvalue weighted by molar-refractivity contribution is 5.97. The lowest BCUT2D eigenvalue weighted by molar-refractivity contribution is 0.0697. The topological polar surface area (TPSA) is 66.6 Å². The summed E-state index contributed by atoms with van der Waals surface area (Å²) in [4.78, 5) is 14.2. The molecule has 0 aromatic heterocycles. The fraction of sp³-hybridized carbons (Fsp3) is 0.533. The molecule has 0 spiro atoms. The molecule has 3 N–H and O–H groups in total. The average molecular weight is 264 g/mol. The number of nitrogens with two attached hydrogens (primary N) is 1. The number of carbonyl (C=O) groups excluding carboxylic acids is 1. The maximum atomic E-state index is 12.5. The molecule has 0 unspecified atom stereocenters. The minimum absolute atomic E-state index is 0.0274. The number of phenolic OH excluding ortho intramolecular Hbond substituents is 1. The van der Waals surface area contributed by atoms with Crippen LogP contribution in [0.3, 0.4) is 0 Å². The van der Waals surface area contributed by atoms with Crippen molar-refractivity contribution in [3.05, 3.63) is 29.3 Å². The molecular formula is C15H24N2O2. The molecule has 0 aliphatic heterocycles. The molecule has 0 saturated heterocycles. The van der Waals surface area contributed by atoms with Gasteiger partial charge in [-0.15, -0.1) is 0 Å². The van der Waals surface area contributed by atoms with Crippen LogP contribution in [0.15, 0.2) is 18.2 Å². The van der Waals surface area contributed by atoms with Gasteiger partial charge in [0.2, 0.25) is 0 Å². The normalized spacial score (nSPS) is 11.4. The molecule has 0 fully saturated rings. The van der Waals surface area contributed by atoms with E-state index in [9.17, 15) is 9.90 Å². The first-order valence-corrected chi connectivity index (χ1v) is 6.59. The zero-order valence-corrected chi connectivity index (χ0v) is 12.2. The Kier molecular flexibility index (Phi) is 4.95. The second kappa shape index (κ2) is 6.06. The summed E-state index contributed by atoms with van der Waals surface area (Å²) in [6.07, 6.45) is 0. The van der Waals surface area contributed by atoms with Crippen LogP contribution in [0.5, 0.6) is 5.75 Å². The van der Waals surface area contributed by atoms with Crippen LogP contribution in [-0.4, -0.2) is 35.5 Å². The Morgan fingerprint density at radius 3 is 2.58 bits per heavy atom. The van der Waals surface area contributed by atoms with Crippen molar-refractivity contribution < 1.29 is 9.90 Å². The Bertz CT molecular complexity index is 455. The molecule has 19 heavy (non-hydrogen) atoms. The SMILES string of the molecule is CCN(CC(C)(C)CN)C(=O)c1cc(C)ccc1O. The van der Waals surface area contributed by atoms with Gasteiger partial charge in [0.1, 0.15) is 5.75 Å². The molecule has 1 aromatic rings. The van der Waals surface area contributed by atoms with E-state index in [1.165, 1.54) is 0 Å². The molecule has 0 aliphatic carbocycles. The molecule has 0 atom stereocenters. The predicted octanol–water partition coefficient (Wildman–Crippen LogP) is 2.15. The van der Waals surface area contributed by atoms with Gasteiger partial charge in [0.25, 0.3) is 5.91 Å². The number of hydrogen-bond acceptors (Lipinski definition) is 3. The van der Waals surface area contributed by atoms with Gasteiger partial charge in [-0.2, -0.15) is 0 Å². The Morgan fingerprint density at radius 1 is 1.42 bits per heavy atom. The highest BCUT2D eigenvalue weighted by atomic mass is 16.3. The summed E-state index contributed by atoms with van der Waals surface area (Å²) in [7, 11) is 0. The lowest BCUT2D eigenvalue weighted by atomic mass is 9.92. The Balaban J connectivity index is 2.99. The van der Waals surface area contributed by atoms with E-state index < -0.39 is 0 Å². The molecule has 0 radical (unpaired) electrons. The maximum Gasteiger partial charge on any atom is 0.257 e. The van der Waals surface area contributed by atoms with Crippen LogP contribution in [-0.2, 0) is 0 Å². The number of carbonyl (C=O) groups is 1. The summed E-state index contributed by atoms with van der Waals surface area (Å²) in [5.41, 5.74) is 6.89. The molecule has 0 bridgehead atoms. The summed E-state index contributed by atoms with van der Waals surface area (Å²) in [5.74, 6) is -0.121. The van der Waals surface area contributed by atoms with Crippen LogP contribution in [0.25, 0.3) is 0 Å². The molecule has 106 valence electrons. The first-order valence-electron chi connectivity index (χ1n) is 6.59. The van der Waals surface area contributed by atoms with E-state index in [2.05, 4.69) is 0 Å². The van der Waals surface area contributed by atoms with Crippen LogP contribution in [0.4, 0.5) is 0 Å². The molecular weight excluding hydrogens is 240 g/mol. The number of phenols is 1. The van der Waals surface area contributed by atoms with Gasteiger partial charge in [0.05, 0.1) is 5.56 Å². The first kappa shape index (κ1) is 15.5. The lowest BCUT2D eigenvalue weighted by Gasteiger charge is -2.31. The molecule has 4 nitrogen and oxygen atoms in total. The van der Waals surface area contributed by atoms with Crippen LogP contribution >= 0.6 is 0 Å². The summed E-state index contributed by atoms with van der Waals surface area (Å²) < 4.78 is 0. The van der Waals surface area contributed by atoms with Gasteiger partial charge in [0.15, 0.2) is 0 Å². The Morgan fingerprint density at radius 2 is 2.05 bits per heavy atom. The fourth-order valence-corrected chi connectivity index (χ4v) is 1.90. The standard InChI is InChI=1S/C15H24N2O2/c1-5-17(10-15(3,4)9-16)14(19)12-8-11(2)6-7-13(12)18/h6-8,18H,5,9-10,16H2,1-4H3. The number of rotatable bonds is 5. The summed E-state index contributed by atoms with van der Waals surface area (Å²) >= 11 is 0. The minimum atomic E-state index is -0.148. The molecule has 0 heterocycles. The van der Waals surface area contributed by atoms with Crippen molar-refractivity contribution in [2.75, 3.05) is 19.6 Å². The van der Waals surface area contributed by atoms with Gasteiger partial charge in [-0.3, -0.25) is 4.79 Å². The molecule has 1 aromatic carbocycles. The van der Waals surface area contributed by atoms with Crippen LogP contribution in [0.2, 0.25) is 0 Å². The predicted molar refractivity (Wildman–Crippen MR) is 77.3 cm³/mol. The third-order valence-electron chi connectivity index (χ3n) is 3.22. The minimum Gasteiger partial charge on any atom is -0.507 e. The molecule has 4 heteroatoms. The smallest absolute Gasteiger partial charge is 0.257 e.